The topological polar surface area (TPSA) is 106 Å². The van der Waals surface area contributed by atoms with Crippen molar-refractivity contribution >= 4 is 17.6 Å². The molecule has 202 valence electrons. The molecular weight excluding hydrogens is 514 g/mol. The first kappa shape index (κ1) is 25.5. The summed E-state index contributed by atoms with van der Waals surface area (Å²) in [6.45, 7) is 4.29. The number of nitrogens with one attached hydrogen (secondary N) is 2. The predicted octanol–water partition coefficient (Wildman–Crippen LogP) is 4.91. The Kier molecular flexibility index (Phi) is 6.21. The number of nitrogens with zero attached hydrogens (tertiary/aromatic N) is 1. The van der Waals surface area contributed by atoms with E-state index in [9.17, 15) is 18.4 Å². The molecule has 3 heterocycles. The largest absolute Gasteiger partial charge is 0.493 e. The number of halogens is 2. The quantitative estimate of drug-likeness (QED) is 0.322. The first-order chi connectivity index (χ1) is 19.2. The van der Waals surface area contributed by atoms with Gasteiger partial charge in [-0.25, -0.2) is 13.8 Å². The number of carbonyl (C=O) groups excluding carboxylic acids is 2. The zero-order chi connectivity index (χ0) is 28.1. The van der Waals surface area contributed by atoms with Gasteiger partial charge >= 0.3 is 0 Å². The number of ether oxygens (including phenoxy) is 1. The molecule has 7 rings (SSSR count). The summed E-state index contributed by atoms with van der Waals surface area (Å²) in [5.74, 6) is -1.60. The molecule has 0 saturated carbocycles. The van der Waals surface area contributed by atoms with E-state index in [4.69, 9.17) is 10.5 Å². The second-order valence-corrected chi connectivity index (χ2v) is 9.91. The van der Waals surface area contributed by atoms with Gasteiger partial charge < -0.3 is 21.1 Å². The first-order valence-corrected chi connectivity index (χ1v) is 13.0. The highest BCUT2D eigenvalue weighted by Crippen LogP contribution is 2.47. The molecule has 7 nitrogen and oxygen atoms in total. The van der Waals surface area contributed by atoms with Crippen molar-refractivity contribution < 1.29 is 23.1 Å². The average Bonchev–Trinajstić information content (AvgIpc) is 2.92. The summed E-state index contributed by atoms with van der Waals surface area (Å²) in [6, 6.07) is 15.4. The number of pyridine rings is 1. The molecule has 4 aromatic rings. The summed E-state index contributed by atoms with van der Waals surface area (Å²) in [5, 5.41) is 5.96. The molecule has 9 heteroatoms. The molecule has 0 radical (unpaired) electrons. The highest BCUT2D eigenvalue weighted by Gasteiger charge is 2.43. The fourth-order valence-electron chi connectivity index (χ4n) is 5.67. The van der Waals surface area contributed by atoms with E-state index in [-0.39, 0.29) is 30.0 Å². The molecule has 1 aliphatic carbocycles. The monoisotopic (exact) mass is 540 g/mol. The van der Waals surface area contributed by atoms with Crippen LogP contribution in [-0.4, -0.2) is 23.4 Å². The second kappa shape index (κ2) is 9.75. The van der Waals surface area contributed by atoms with Crippen LogP contribution in [0.3, 0.4) is 0 Å². The van der Waals surface area contributed by atoms with Gasteiger partial charge in [-0.3, -0.25) is 9.59 Å². The molecule has 4 N–H and O–H groups in total. The lowest BCUT2D eigenvalue weighted by Gasteiger charge is -2.40. The summed E-state index contributed by atoms with van der Waals surface area (Å²) < 4.78 is 33.7. The van der Waals surface area contributed by atoms with Crippen LogP contribution < -0.4 is 21.1 Å². The summed E-state index contributed by atoms with van der Waals surface area (Å²) in [5.41, 5.74) is 11.7. The maximum atomic E-state index is 14.5. The standard InChI is InChI=1S/C31H26F2N4O3/c1-3-40-26-13-27(34)36-15(2)24(26)14-35-30(38)17-5-8-21-23(11-17)28-22-10-16(19-9-6-18(32)12-25(19)33)4-7-20(22)29(21)37-31(28)39/h4-13,28-29H,3,14H2,1-2H3,(H2,34,36)(H,35,38)(H,37,39). The molecule has 40 heavy (non-hydrogen) atoms. The van der Waals surface area contributed by atoms with E-state index in [0.29, 0.717) is 35.0 Å². The van der Waals surface area contributed by atoms with E-state index in [0.717, 1.165) is 33.9 Å². The lowest BCUT2D eigenvalue weighted by molar-refractivity contribution is -0.123. The van der Waals surface area contributed by atoms with Crippen molar-refractivity contribution in [3.05, 3.63) is 111 Å². The SMILES string of the molecule is CCOc1cc(N)nc(C)c1CNC(=O)c1ccc2c(c1)C1C(=O)NC2c2ccc(-c3ccc(F)cc3F)cc21. The zero-order valence-corrected chi connectivity index (χ0v) is 21.8. The lowest BCUT2D eigenvalue weighted by atomic mass is 9.70. The van der Waals surface area contributed by atoms with Gasteiger partial charge in [0.25, 0.3) is 5.91 Å². The van der Waals surface area contributed by atoms with Crippen molar-refractivity contribution in [1.82, 2.24) is 15.6 Å². The number of nitrogen functional groups attached to an aromatic ring is 1. The van der Waals surface area contributed by atoms with Crippen molar-refractivity contribution in [1.29, 1.82) is 0 Å². The second-order valence-electron chi connectivity index (χ2n) is 9.91. The van der Waals surface area contributed by atoms with E-state index in [1.54, 1.807) is 37.3 Å². The average molecular weight is 541 g/mol. The van der Waals surface area contributed by atoms with Gasteiger partial charge in [0.05, 0.1) is 18.6 Å². The number of hydrogen-bond donors (Lipinski definition) is 3. The predicted molar refractivity (Wildman–Crippen MR) is 146 cm³/mol. The van der Waals surface area contributed by atoms with Gasteiger partial charge in [0.1, 0.15) is 23.2 Å². The van der Waals surface area contributed by atoms with Crippen LogP contribution >= 0.6 is 0 Å². The van der Waals surface area contributed by atoms with Crippen LogP contribution in [-0.2, 0) is 11.3 Å². The Morgan fingerprint density at radius 2 is 1.77 bits per heavy atom. The number of amides is 2. The first-order valence-electron chi connectivity index (χ1n) is 13.0. The van der Waals surface area contributed by atoms with Gasteiger partial charge in [-0.05, 0) is 72.0 Å². The molecule has 1 aromatic heterocycles. The Hall–Kier alpha value is -4.79. The van der Waals surface area contributed by atoms with E-state index < -0.39 is 17.6 Å². The Morgan fingerprint density at radius 3 is 2.52 bits per heavy atom. The molecule has 0 fully saturated rings. The van der Waals surface area contributed by atoms with Gasteiger partial charge in [0.15, 0.2) is 0 Å². The number of aromatic nitrogens is 1. The molecule has 0 saturated heterocycles. The van der Waals surface area contributed by atoms with Crippen molar-refractivity contribution in [3.63, 3.8) is 0 Å². The molecule has 2 bridgehead atoms. The van der Waals surface area contributed by atoms with Gasteiger partial charge in [-0.1, -0.05) is 18.2 Å². The summed E-state index contributed by atoms with van der Waals surface area (Å²) in [7, 11) is 0. The maximum absolute atomic E-state index is 14.5. The van der Waals surface area contributed by atoms with Crippen LogP contribution in [0, 0.1) is 18.6 Å². The minimum Gasteiger partial charge on any atom is -0.493 e. The van der Waals surface area contributed by atoms with Crippen molar-refractivity contribution in [2.24, 2.45) is 0 Å². The van der Waals surface area contributed by atoms with Crippen LogP contribution in [0.15, 0.2) is 60.7 Å². The molecule has 2 atom stereocenters. The molecule has 0 spiro atoms. The smallest absolute Gasteiger partial charge is 0.251 e. The third-order valence-corrected chi connectivity index (χ3v) is 7.51. The Balaban J connectivity index is 1.31. The van der Waals surface area contributed by atoms with Crippen LogP contribution in [0.2, 0.25) is 0 Å². The van der Waals surface area contributed by atoms with Crippen molar-refractivity contribution in [2.75, 3.05) is 12.3 Å². The Morgan fingerprint density at radius 1 is 1.02 bits per heavy atom. The van der Waals surface area contributed by atoms with Crippen LogP contribution in [0.25, 0.3) is 11.1 Å². The Labute approximate surface area is 229 Å². The number of carbonyl (C=O) groups is 2. The zero-order valence-electron chi connectivity index (χ0n) is 21.8. The molecular formula is C31H26F2N4O3. The van der Waals surface area contributed by atoms with E-state index in [1.165, 1.54) is 12.1 Å². The molecule has 2 aliphatic heterocycles. The highest BCUT2D eigenvalue weighted by atomic mass is 19.1. The van der Waals surface area contributed by atoms with Crippen LogP contribution in [0.5, 0.6) is 5.75 Å². The maximum Gasteiger partial charge on any atom is 0.251 e. The van der Waals surface area contributed by atoms with Crippen molar-refractivity contribution in [3.8, 4) is 16.9 Å². The van der Waals surface area contributed by atoms with Crippen LogP contribution in [0.4, 0.5) is 14.6 Å². The number of benzene rings is 3. The molecule has 2 unspecified atom stereocenters. The number of rotatable bonds is 6. The number of nitrogens with two attached hydrogens (primary N) is 1. The minimum atomic E-state index is -0.677. The fourth-order valence-corrected chi connectivity index (χ4v) is 5.67. The van der Waals surface area contributed by atoms with E-state index in [1.807, 2.05) is 19.1 Å². The fraction of sp³-hybridized carbons (Fsp3) is 0.194. The third-order valence-electron chi connectivity index (χ3n) is 7.51. The van der Waals surface area contributed by atoms with Gasteiger partial charge in [-0.2, -0.15) is 0 Å². The summed E-state index contributed by atoms with van der Waals surface area (Å²) in [4.78, 5) is 30.6. The van der Waals surface area contributed by atoms with E-state index >= 15 is 0 Å². The van der Waals surface area contributed by atoms with Gasteiger partial charge in [0, 0.05) is 41.1 Å². The van der Waals surface area contributed by atoms with Gasteiger partial charge in [0.2, 0.25) is 5.91 Å². The summed E-state index contributed by atoms with van der Waals surface area (Å²) in [6.07, 6.45) is 0. The van der Waals surface area contributed by atoms with Crippen molar-refractivity contribution in [2.45, 2.75) is 32.4 Å². The summed E-state index contributed by atoms with van der Waals surface area (Å²) >= 11 is 0. The van der Waals surface area contributed by atoms with Crippen LogP contribution in [0.1, 0.15) is 62.8 Å². The normalized spacial score (nSPS) is 16.6. The lowest BCUT2D eigenvalue weighted by Crippen LogP contribution is -2.45. The number of aryl methyl sites for hydroxylation is 1. The highest BCUT2D eigenvalue weighted by molar-refractivity contribution is 5.98. The molecule has 2 amide bonds. The van der Waals surface area contributed by atoms with E-state index in [2.05, 4.69) is 15.6 Å². The Bertz CT molecular complexity index is 1700. The van der Waals surface area contributed by atoms with Gasteiger partial charge in [-0.15, -0.1) is 0 Å². The molecule has 3 aromatic carbocycles. The number of anilines is 1. The molecule has 3 aliphatic rings. The number of fused-ring (bicyclic) bond motifs is 1. The third kappa shape index (κ3) is 4.23. The number of hydrogen-bond acceptors (Lipinski definition) is 5. The minimum absolute atomic E-state index is 0.187.